The van der Waals surface area contributed by atoms with Gasteiger partial charge in [0, 0.05) is 17.9 Å². The van der Waals surface area contributed by atoms with Crippen molar-refractivity contribution in [1.29, 1.82) is 0 Å². The summed E-state index contributed by atoms with van der Waals surface area (Å²) in [7, 11) is 1.92. The van der Waals surface area contributed by atoms with Gasteiger partial charge in [0.05, 0.1) is 6.54 Å². The Morgan fingerprint density at radius 2 is 1.77 bits per heavy atom. The zero-order chi connectivity index (χ0) is 16.1. The first-order chi connectivity index (χ1) is 10.5. The second-order valence-corrected chi connectivity index (χ2v) is 5.73. The number of benzene rings is 2. The van der Waals surface area contributed by atoms with Crippen LogP contribution in [0.25, 0.3) is 0 Å². The Balaban J connectivity index is 1.94. The van der Waals surface area contributed by atoms with Gasteiger partial charge in [0.25, 0.3) is 0 Å². The Morgan fingerprint density at radius 1 is 1.14 bits per heavy atom. The number of anilines is 2. The van der Waals surface area contributed by atoms with Gasteiger partial charge in [0.1, 0.15) is 0 Å². The summed E-state index contributed by atoms with van der Waals surface area (Å²) in [5, 5.41) is 3.00. The zero-order valence-electron chi connectivity index (χ0n) is 13.4. The molecule has 0 spiro atoms. The van der Waals surface area contributed by atoms with Gasteiger partial charge in [-0.05, 0) is 49.7 Å². The lowest BCUT2D eigenvalue weighted by Crippen LogP contribution is -2.30. The number of nitrogens with two attached hydrogens (primary N) is 1. The third-order valence-electron chi connectivity index (χ3n) is 3.56. The Labute approximate surface area is 131 Å². The normalized spacial score (nSPS) is 10.7. The van der Waals surface area contributed by atoms with E-state index in [1.54, 1.807) is 0 Å². The quantitative estimate of drug-likeness (QED) is 0.834. The number of nitrogens with one attached hydrogen (secondary N) is 1. The van der Waals surface area contributed by atoms with Gasteiger partial charge in [-0.15, -0.1) is 0 Å². The van der Waals surface area contributed by atoms with Crippen LogP contribution in [0.3, 0.4) is 0 Å². The molecule has 1 amide bonds. The van der Waals surface area contributed by atoms with Crippen molar-refractivity contribution in [3.05, 3.63) is 59.2 Å². The van der Waals surface area contributed by atoms with Crippen molar-refractivity contribution in [2.24, 2.45) is 0 Å². The molecule has 0 saturated carbocycles. The summed E-state index contributed by atoms with van der Waals surface area (Å²) in [6.45, 7) is 5.02. The molecule has 3 N–H and O–H groups in total. The summed E-state index contributed by atoms with van der Waals surface area (Å²) in [5.41, 5.74) is 10.7. The number of hydrogen-bond donors (Lipinski definition) is 2. The Bertz CT molecular complexity index is 647. The highest BCUT2D eigenvalue weighted by molar-refractivity contribution is 5.93. The summed E-state index contributed by atoms with van der Waals surface area (Å²) in [5.74, 6) is -0.0104. The van der Waals surface area contributed by atoms with Crippen LogP contribution in [-0.4, -0.2) is 24.4 Å². The largest absolute Gasteiger partial charge is 0.399 e. The summed E-state index contributed by atoms with van der Waals surface area (Å²) in [6, 6.07) is 13.7. The number of hydrogen-bond acceptors (Lipinski definition) is 3. The molecule has 2 aromatic carbocycles. The lowest BCUT2D eigenvalue weighted by Gasteiger charge is -2.18. The monoisotopic (exact) mass is 297 g/mol. The minimum atomic E-state index is -0.0104. The first-order valence-electron chi connectivity index (χ1n) is 7.34. The van der Waals surface area contributed by atoms with E-state index in [9.17, 15) is 4.79 Å². The Morgan fingerprint density at radius 3 is 2.41 bits per heavy atom. The number of rotatable bonds is 5. The molecule has 0 bridgehead atoms. The molecule has 4 heteroatoms. The van der Waals surface area contributed by atoms with Crippen molar-refractivity contribution in [3.8, 4) is 0 Å². The van der Waals surface area contributed by atoms with E-state index in [-0.39, 0.29) is 5.91 Å². The molecule has 0 aliphatic carbocycles. The predicted octanol–water partition coefficient (Wildman–Crippen LogP) is 2.96. The van der Waals surface area contributed by atoms with Crippen molar-refractivity contribution in [3.63, 3.8) is 0 Å². The number of nitrogens with zero attached hydrogens (tertiary/aromatic N) is 1. The first kappa shape index (κ1) is 16.0. The van der Waals surface area contributed by atoms with Gasteiger partial charge in [-0.25, -0.2) is 0 Å². The highest BCUT2D eigenvalue weighted by Gasteiger charge is 2.10. The minimum absolute atomic E-state index is 0.0104. The SMILES string of the molecule is Cc1cccc(C)c1NC(=O)CN(C)Cc1cccc(N)c1. The third kappa shape index (κ3) is 4.33. The van der Waals surface area contributed by atoms with Crippen LogP contribution in [0.15, 0.2) is 42.5 Å². The molecule has 0 aliphatic heterocycles. The molecule has 2 aromatic rings. The molecule has 2 rings (SSSR count). The standard InChI is InChI=1S/C18H23N3O/c1-13-6-4-7-14(2)18(13)20-17(22)12-21(3)11-15-8-5-9-16(19)10-15/h4-10H,11-12,19H2,1-3H3,(H,20,22). The average Bonchev–Trinajstić information content (AvgIpc) is 2.43. The van der Waals surface area contributed by atoms with Crippen LogP contribution in [0.1, 0.15) is 16.7 Å². The molecule has 0 radical (unpaired) electrons. The van der Waals surface area contributed by atoms with E-state index >= 15 is 0 Å². The van der Waals surface area contributed by atoms with Crippen LogP contribution in [0.2, 0.25) is 0 Å². The molecule has 0 atom stereocenters. The number of nitrogen functional groups attached to an aromatic ring is 1. The van der Waals surface area contributed by atoms with Crippen LogP contribution in [-0.2, 0) is 11.3 Å². The minimum Gasteiger partial charge on any atom is -0.399 e. The van der Waals surface area contributed by atoms with Gasteiger partial charge in [0.15, 0.2) is 0 Å². The fraction of sp³-hybridized carbons (Fsp3) is 0.278. The van der Waals surface area contributed by atoms with Crippen LogP contribution in [0, 0.1) is 13.8 Å². The molecule has 0 heterocycles. The summed E-state index contributed by atoms with van der Waals surface area (Å²) in [4.78, 5) is 14.2. The highest BCUT2D eigenvalue weighted by atomic mass is 16.2. The highest BCUT2D eigenvalue weighted by Crippen LogP contribution is 2.19. The topological polar surface area (TPSA) is 58.4 Å². The second kappa shape index (κ2) is 7.09. The average molecular weight is 297 g/mol. The molecule has 0 aromatic heterocycles. The van der Waals surface area contributed by atoms with Gasteiger partial charge in [0.2, 0.25) is 5.91 Å². The summed E-state index contributed by atoms with van der Waals surface area (Å²) in [6.07, 6.45) is 0. The number of carbonyl (C=O) groups is 1. The van der Waals surface area contributed by atoms with Gasteiger partial charge < -0.3 is 11.1 Å². The molecule has 0 aliphatic rings. The van der Waals surface area contributed by atoms with Crippen molar-refractivity contribution < 1.29 is 4.79 Å². The van der Waals surface area contributed by atoms with Crippen LogP contribution in [0.4, 0.5) is 11.4 Å². The van der Waals surface area contributed by atoms with Crippen LogP contribution in [0.5, 0.6) is 0 Å². The smallest absolute Gasteiger partial charge is 0.238 e. The lowest BCUT2D eigenvalue weighted by atomic mass is 10.1. The van der Waals surface area contributed by atoms with Crippen molar-refractivity contribution in [1.82, 2.24) is 4.90 Å². The van der Waals surface area contributed by atoms with E-state index in [1.165, 1.54) is 0 Å². The van der Waals surface area contributed by atoms with Gasteiger partial charge in [-0.1, -0.05) is 30.3 Å². The Kier molecular flexibility index (Phi) is 5.17. The number of likely N-dealkylation sites (N-methyl/N-ethyl adjacent to an activating group) is 1. The molecule has 0 fully saturated rings. The van der Waals surface area contributed by atoms with E-state index in [4.69, 9.17) is 5.73 Å². The van der Waals surface area contributed by atoms with Crippen LogP contribution >= 0.6 is 0 Å². The zero-order valence-corrected chi connectivity index (χ0v) is 13.4. The maximum Gasteiger partial charge on any atom is 0.238 e. The van der Waals surface area contributed by atoms with Gasteiger partial charge in [-0.2, -0.15) is 0 Å². The maximum absolute atomic E-state index is 12.2. The summed E-state index contributed by atoms with van der Waals surface area (Å²) < 4.78 is 0. The van der Waals surface area contributed by atoms with Crippen molar-refractivity contribution in [2.45, 2.75) is 20.4 Å². The fourth-order valence-corrected chi connectivity index (χ4v) is 2.49. The van der Waals surface area contributed by atoms with Gasteiger partial charge in [-0.3, -0.25) is 9.69 Å². The number of carbonyl (C=O) groups excluding carboxylic acids is 1. The second-order valence-electron chi connectivity index (χ2n) is 5.73. The van der Waals surface area contributed by atoms with E-state index in [2.05, 4.69) is 5.32 Å². The third-order valence-corrected chi connectivity index (χ3v) is 3.56. The number of para-hydroxylation sites is 1. The fourth-order valence-electron chi connectivity index (χ4n) is 2.49. The molecular formula is C18H23N3O. The number of aryl methyl sites for hydroxylation is 2. The van der Waals surface area contributed by atoms with E-state index in [1.807, 2.05) is 68.3 Å². The van der Waals surface area contributed by atoms with E-state index in [0.29, 0.717) is 13.1 Å². The summed E-state index contributed by atoms with van der Waals surface area (Å²) >= 11 is 0. The van der Waals surface area contributed by atoms with Gasteiger partial charge >= 0.3 is 0 Å². The van der Waals surface area contributed by atoms with Crippen molar-refractivity contribution in [2.75, 3.05) is 24.6 Å². The molecule has 4 nitrogen and oxygen atoms in total. The number of amides is 1. The molecule has 22 heavy (non-hydrogen) atoms. The molecule has 0 unspecified atom stereocenters. The molecule has 116 valence electrons. The molecule has 0 saturated heterocycles. The van der Waals surface area contributed by atoms with Crippen molar-refractivity contribution >= 4 is 17.3 Å². The first-order valence-corrected chi connectivity index (χ1v) is 7.34. The Hall–Kier alpha value is -2.33. The maximum atomic E-state index is 12.2. The lowest BCUT2D eigenvalue weighted by molar-refractivity contribution is -0.117. The van der Waals surface area contributed by atoms with E-state index < -0.39 is 0 Å². The predicted molar refractivity (Wildman–Crippen MR) is 91.7 cm³/mol. The molecular weight excluding hydrogens is 274 g/mol. The van der Waals surface area contributed by atoms with E-state index in [0.717, 1.165) is 28.1 Å². The van der Waals surface area contributed by atoms with Crippen LogP contribution < -0.4 is 11.1 Å².